The molecule has 1 atom stereocenters. The molecule has 0 rings (SSSR count). The number of hydrogen-bond donors (Lipinski definition) is 3. The first-order chi connectivity index (χ1) is 6.26. The Balaban J connectivity index is 4.55. The summed E-state index contributed by atoms with van der Waals surface area (Å²) in [6, 6.07) is -0.843. The number of ketones is 1. The SMILES string of the molecule is CC(=O)[C@H](C/C(N)=C/N)NS(C)(=O)=O. The third kappa shape index (κ3) is 5.55. The molecular formula is C7H15N3O3S. The molecular weight excluding hydrogens is 206 g/mol. The molecule has 14 heavy (non-hydrogen) atoms. The van der Waals surface area contributed by atoms with E-state index in [0.717, 1.165) is 12.5 Å². The van der Waals surface area contributed by atoms with Crippen LogP contribution in [-0.2, 0) is 14.8 Å². The minimum atomic E-state index is -3.42. The van der Waals surface area contributed by atoms with E-state index in [1.54, 1.807) is 0 Å². The second kappa shape index (κ2) is 4.97. The Morgan fingerprint density at radius 2 is 2.07 bits per heavy atom. The van der Waals surface area contributed by atoms with Crippen molar-refractivity contribution in [3.63, 3.8) is 0 Å². The van der Waals surface area contributed by atoms with Crippen LogP contribution in [0.25, 0.3) is 0 Å². The van der Waals surface area contributed by atoms with Gasteiger partial charge in [0.25, 0.3) is 0 Å². The van der Waals surface area contributed by atoms with Crippen molar-refractivity contribution in [3.8, 4) is 0 Å². The quantitative estimate of drug-likeness (QED) is 0.530. The van der Waals surface area contributed by atoms with Gasteiger partial charge in [-0.1, -0.05) is 0 Å². The van der Waals surface area contributed by atoms with Crippen LogP contribution >= 0.6 is 0 Å². The highest BCUT2D eigenvalue weighted by Gasteiger charge is 2.18. The van der Waals surface area contributed by atoms with E-state index in [0.29, 0.717) is 0 Å². The van der Waals surface area contributed by atoms with Crippen LogP contribution in [-0.4, -0.2) is 26.5 Å². The molecule has 0 aromatic heterocycles. The summed E-state index contributed by atoms with van der Waals surface area (Å²) < 4.78 is 23.9. The molecule has 0 unspecified atom stereocenters. The van der Waals surface area contributed by atoms with E-state index >= 15 is 0 Å². The largest absolute Gasteiger partial charge is 0.403 e. The van der Waals surface area contributed by atoms with Crippen LogP contribution in [0, 0.1) is 0 Å². The van der Waals surface area contributed by atoms with Crippen LogP contribution in [0.3, 0.4) is 0 Å². The van der Waals surface area contributed by atoms with Gasteiger partial charge >= 0.3 is 0 Å². The maximum atomic E-state index is 11.0. The molecule has 0 saturated carbocycles. The molecule has 0 amide bonds. The van der Waals surface area contributed by atoms with Crippen LogP contribution in [0.1, 0.15) is 13.3 Å². The topological polar surface area (TPSA) is 115 Å². The number of carbonyl (C=O) groups excluding carboxylic acids is 1. The van der Waals surface area contributed by atoms with Gasteiger partial charge in [0.05, 0.1) is 12.3 Å². The molecule has 6 nitrogen and oxygen atoms in total. The fourth-order valence-electron chi connectivity index (χ4n) is 0.831. The Hall–Kier alpha value is -1.08. The number of carbonyl (C=O) groups is 1. The Morgan fingerprint density at radius 1 is 1.57 bits per heavy atom. The summed E-state index contributed by atoms with van der Waals surface area (Å²) >= 11 is 0. The molecule has 0 fully saturated rings. The first-order valence-corrected chi connectivity index (χ1v) is 5.79. The summed E-state index contributed by atoms with van der Waals surface area (Å²) in [4.78, 5) is 11.0. The minimum Gasteiger partial charge on any atom is -0.403 e. The van der Waals surface area contributed by atoms with Crippen molar-refractivity contribution in [1.82, 2.24) is 4.72 Å². The number of sulfonamides is 1. The predicted molar refractivity (Wildman–Crippen MR) is 53.5 cm³/mol. The molecule has 7 heteroatoms. The Kier molecular flexibility index (Phi) is 4.58. The van der Waals surface area contributed by atoms with Crippen molar-refractivity contribution in [2.45, 2.75) is 19.4 Å². The fraction of sp³-hybridized carbons (Fsp3) is 0.571. The van der Waals surface area contributed by atoms with Crippen molar-refractivity contribution in [2.24, 2.45) is 11.5 Å². The number of hydrogen-bond acceptors (Lipinski definition) is 5. The maximum absolute atomic E-state index is 11.0. The highest BCUT2D eigenvalue weighted by molar-refractivity contribution is 7.88. The van der Waals surface area contributed by atoms with Crippen molar-refractivity contribution in [2.75, 3.05) is 6.26 Å². The van der Waals surface area contributed by atoms with Gasteiger partial charge in [0.1, 0.15) is 5.78 Å². The first kappa shape index (κ1) is 12.9. The third-order valence-corrected chi connectivity index (χ3v) is 2.21. The average molecular weight is 221 g/mol. The van der Waals surface area contributed by atoms with Crippen molar-refractivity contribution in [3.05, 3.63) is 11.9 Å². The monoisotopic (exact) mass is 221 g/mol. The number of rotatable bonds is 5. The lowest BCUT2D eigenvalue weighted by molar-refractivity contribution is -0.118. The van der Waals surface area contributed by atoms with Gasteiger partial charge in [0, 0.05) is 18.3 Å². The highest BCUT2D eigenvalue weighted by atomic mass is 32.2. The summed E-state index contributed by atoms with van der Waals surface area (Å²) in [5, 5.41) is 0. The van der Waals surface area contributed by atoms with E-state index < -0.39 is 16.1 Å². The zero-order chi connectivity index (χ0) is 11.4. The molecule has 0 aliphatic rings. The lowest BCUT2D eigenvalue weighted by atomic mass is 10.1. The lowest BCUT2D eigenvalue weighted by Crippen LogP contribution is -2.40. The second-order valence-electron chi connectivity index (χ2n) is 3.00. The number of nitrogens with one attached hydrogen (secondary N) is 1. The van der Waals surface area contributed by atoms with E-state index in [1.165, 1.54) is 6.92 Å². The molecule has 0 aliphatic carbocycles. The summed E-state index contributed by atoms with van der Waals surface area (Å²) in [5.74, 6) is -0.305. The van der Waals surface area contributed by atoms with E-state index in [4.69, 9.17) is 11.5 Å². The van der Waals surface area contributed by atoms with Crippen molar-refractivity contribution >= 4 is 15.8 Å². The van der Waals surface area contributed by atoms with Crippen molar-refractivity contribution < 1.29 is 13.2 Å². The van der Waals surface area contributed by atoms with Gasteiger partial charge in [-0.25, -0.2) is 13.1 Å². The second-order valence-corrected chi connectivity index (χ2v) is 4.78. The Labute approximate surface area is 83.4 Å². The molecule has 0 aliphatic heterocycles. The molecule has 0 aromatic rings. The molecule has 82 valence electrons. The fourth-order valence-corrected chi connectivity index (χ4v) is 1.60. The predicted octanol–water partition coefficient (Wildman–Crippen LogP) is -1.36. The van der Waals surface area contributed by atoms with Gasteiger partial charge < -0.3 is 11.5 Å². The van der Waals surface area contributed by atoms with E-state index in [-0.39, 0.29) is 17.9 Å². The molecule has 0 saturated heterocycles. The molecule has 0 heterocycles. The van der Waals surface area contributed by atoms with E-state index in [1.807, 2.05) is 0 Å². The third-order valence-electron chi connectivity index (χ3n) is 1.50. The van der Waals surface area contributed by atoms with Crippen LogP contribution in [0.4, 0.5) is 0 Å². The maximum Gasteiger partial charge on any atom is 0.209 e. The van der Waals surface area contributed by atoms with Crippen LogP contribution < -0.4 is 16.2 Å². The van der Waals surface area contributed by atoms with E-state index in [9.17, 15) is 13.2 Å². The zero-order valence-electron chi connectivity index (χ0n) is 8.15. The molecule has 0 aromatic carbocycles. The zero-order valence-corrected chi connectivity index (χ0v) is 8.97. The van der Waals surface area contributed by atoms with Gasteiger partial charge in [-0.05, 0) is 6.92 Å². The van der Waals surface area contributed by atoms with Crippen LogP contribution in [0.2, 0.25) is 0 Å². The van der Waals surface area contributed by atoms with E-state index in [2.05, 4.69) is 4.72 Å². The normalized spacial score (nSPS) is 15.1. The smallest absolute Gasteiger partial charge is 0.209 e. The van der Waals surface area contributed by atoms with Gasteiger partial charge in [-0.2, -0.15) is 0 Å². The Morgan fingerprint density at radius 3 is 2.36 bits per heavy atom. The summed E-state index contributed by atoms with van der Waals surface area (Å²) in [7, 11) is -3.42. The lowest BCUT2D eigenvalue weighted by Gasteiger charge is -2.13. The molecule has 0 radical (unpaired) electrons. The molecule has 0 bridgehead atoms. The molecule has 0 spiro atoms. The minimum absolute atomic E-state index is 0.0822. The summed E-state index contributed by atoms with van der Waals surface area (Å²) in [6.07, 6.45) is 2.20. The summed E-state index contributed by atoms with van der Waals surface area (Å²) in [5.41, 5.74) is 10.8. The average Bonchev–Trinajstić information content (AvgIpc) is 2.00. The van der Waals surface area contributed by atoms with Gasteiger partial charge in [-0.3, -0.25) is 4.79 Å². The first-order valence-electron chi connectivity index (χ1n) is 3.90. The van der Waals surface area contributed by atoms with Gasteiger partial charge in [0.15, 0.2) is 0 Å². The summed E-state index contributed by atoms with van der Waals surface area (Å²) in [6.45, 7) is 1.28. The Bertz CT molecular complexity index is 334. The molecule has 5 N–H and O–H groups in total. The van der Waals surface area contributed by atoms with Crippen LogP contribution in [0.15, 0.2) is 11.9 Å². The standard InChI is InChI=1S/C7H15N3O3S/c1-5(11)7(3-6(9)4-8)10-14(2,12)13/h4,7,10H,3,8-9H2,1-2H3/b6-4-/t7-/m0/s1. The van der Waals surface area contributed by atoms with Gasteiger partial charge in [0.2, 0.25) is 10.0 Å². The number of nitrogens with two attached hydrogens (primary N) is 2. The number of Topliss-reactive ketones (excluding diaryl/α,β-unsaturated/α-hetero) is 1. The van der Waals surface area contributed by atoms with Crippen molar-refractivity contribution in [1.29, 1.82) is 0 Å². The van der Waals surface area contributed by atoms with Gasteiger partial charge in [-0.15, -0.1) is 0 Å². The highest BCUT2D eigenvalue weighted by Crippen LogP contribution is 2.01. The van der Waals surface area contributed by atoms with Crippen LogP contribution in [0.5, 0.6) is 0 Å².